The molecule has 0 spiro atoms. The fourth-order valence-electron chi connectivity index (χ4n) is 3.51. The first-order chi connectivity index (χ1) is 17.2. The van der Waals surface area contributed by atoms with Gasteiger partial charge in [0.15, 0.2) is 0 Å². The van der Waals surface area contributed by atoms with Crippen LogP contribution >= 0.6 is 0 Å². The van der Waals surface area contributed by atoms with E-state index in [0.717, 1.165) is 0 Å². The summed E-state index contributed by atoms with van der Waals surface area (Å²) in [4.78, 5) is 73.4. The van der Waals surface area contributed by atoms with Gasteiger partial charge in [-0.05, 0) is 5.56 Å². The first kappa shape index (κ1) is 28.2. The fraction of sp³-hybridized carbons (Fsp3) is 0.478. The second kappa shape index (κ2) is 14.4. The summed E-state index contributed by atoms with van der Waals surface area (Å²) < 4.78 is 0. The third kappa shape index (κ3) is 10.1. The highest BCUT2D eigenvalue weighted by Gasteiger charge is 2.28. The molecule has 13 heteroatoms. The maximum Gasteiger partial charge on any atom is 0.326 e. The van der Waals surface area contributed by atoms with Crippen molar-refractivity contribution >= 4 is 35.6 Å². The van der Waals surface area contributed by atoms with Gasteiger partial charge in [0.2, 0.25) is 23.6 Å². The zero-order chi connectivity index (χ0) is 26.5. The van der Waals surface area contributed by atoms with E-state index in [1.54, 1.807) is 35.2 Å². The van der Waals surface area contributed by atoms with Gasteiger partial charge in [-0.2, -0.15) is 0 Å². The second-order valence-electron chi connectivity index (χ2n) is 8.21. The largest absolute Gasteiger partial charge is 0.481 e. The monoisotopic (exact) mass is 505 g/mol. The van der Waals surface area contributed by atoms with Gasteiger partial charge in [0.1, 0.15) is 12.1 Å². The van der Waals surface area contributed by atoms with E-state index in [-0.39, 0.29) is 25.2 Å². The van der Waals surface area contributed by atoms with Crippen LogP contribution in [0.3, 0.4) is 0 Å². The molecule has 1 aliphatic rings. The SMILES string of the molecule is O=C(O)C[C@H](NC(=O)CNC(=O)CCC(=O)N1CCNCC1)C(=O)N[C@@H](Cc1ccccc1)C(=O)O. The number of piperazine rings is 1. The van der Waals surface area contributed by atoms with E-state index in [0.29, 0.717) is 31.7 Å². The summed E-state index contributed by atoms with van der Waals surface area (Å²) in [5, 5.41) is 28.5. The van der Waals surface area contributed by atoms with Crippen molar-refractivity contribution in [3.05, 3.63) is 35.9 Å². The van der Waals surface area contributed by atoms with Crippen molar-refractivity contribution in [1.29, 1.82) is 0 Å². The van der Waals surface area contributed by atoms with E-state index in [2.05, 4.69) is 21.3 Å². The van der Waals surface area contributed by atoms with Crippen molar-refractivity contribution in [1.82, 2.24) is 26.2 Å². The summed E-state index contributed by atoms with van der Waals surface area (Å²) >= 11 is 0. The average Bonchev–Trinajstić information content (AvgIpc) is 2.86. The number of carboxylic acid groups (broad SMARTS) is 2. The molecule has 1 aromatic carbocycles. The van der Waals surface area contributed by atoms with Gasteiger partial charge >= 0.3 is 11.9 Å². The van der Waals surface area contributed by atoms with Crippen LogP contribution in [0.25, 0.3) is 0 Å². The maximum atomic E-state index is 12.6. The number of nitrogens with one attached hydrogen (secondary N) is 4. The van der Waals surface area contributed by atoms with E-state index < -0.39 is 54.7 Å². The molecule has 196 valence electrons. The van der Waals surface area contributed by atoms with E-state index in [1.165, 1.54) is 0 Å². The Labute approximate surface area is 207 Å². The van der Waals surface area contributed by atoms with Gasteiger partial charge in [-0.1, -0.05) is 30.3 Å². The predicted octanol–water partition coefficient (Wildman–Crippen LogP) is -1.91. The predicted molar refractivity (Wildman–Crippen MR) is 126 cm³/mol. The van der Waals surface area contributed by atoms with E-state index in [1.807, 2.05) is 0 Å². The Bertz CT molecular complexity index is 949. The van der Waals surface area contributed by atoms with Crippen LogP contribution in [0.2, 0.25) is 0 Å². The quantitative estimate of drug-likeness (QED) is 0.177. The lowest BCUT2D eigenvalue weighted by Crippen LogP contribution is -2.54. The lowest BCUT2D eigenvalue weighted by Gasteiger charge is -2.27. The number of hydrogen-bond donors (Lipinski definition) is 6. The zero-order valence-electron chi connectivity index (χ0n) is 19.7. The minimum atomic E-state index is -1.56. The lowest BCUT2D eigenvalue weighted by atomic mass is 10.1. The molecule has 1 saturated heterocycles. The Morgan fingerprint density at radius 1 is 0.889 bits per heavy atom. The molecule has 0 bridgehead atoms. The molecule has 1 heterocycles. The summed E-state index contributed by atoms with van der Waals surface area (Å²) in [6.45, 7) is 1.94. The molecule has 13 nitrogen and oxygen atoms in total. The van der Waals surface area contributed by atoms with Gasteiger partial charge in [0, 0.05) is 45.4 Å². The standard InChI is InChI=1S/C23H31N5O8/c29-18(6-7-20(31)28-10-8-24-9-11-28)25-14-19(30)26-16(13-21(32)33)22(34)27-17(23(35)36)12-15-4-2-1-3-5-15/h1-5,16-17,24H,6-14H2,(H,25,29)(H,26,30)(H,27,34)(H,32,33)(H,35,36)/t16-,17-/m0/s1. The van der Waals surface area contributed by atoms with Crippen LogP contribution in [-0.4, -0.2) is 95.5 Å². The van der Waals surface area contributed by atoms with Crippen LogP contribution in [0, 0.1) is 0 Å². The van der Waals surface area contributed by atoms with Crippen LogP contribution in [0.5, 0.6) is 0 Å². The van der Waals surface area contributed by atoms with Gasteiger partial charge in [-0.25, -0.2) is 4.79 Å². The molecular formula is C23H31N5O8. The second-order valence-corrected chi connectivity index (χ2v) is 8.21. The van der Waals surface area contributed by atoms with Gasteiger partial charge in [-0.15, -0.1) is 0 Å². The Hall–Kier alpha value is -4.00. The number of carbonyl (C=O) groups is 6. The third-order valence-electron chi connectivity index (χ3n) is 5.41. The lowest BCUT2D eigenvalue weighted by molar-refractivity contribution is -0.143. The van der Waals surface area contributed by atoms with Crippen LogP contribution in [0.15, 0.2) is 30.3 Å². The number of carboxylic acids is 2. The molecule has 2 rings (SSSR count). The highest BCUT2D eigenvalue weighted by molar-refractivity contribution is 5.94. The van der Waals surface area contributed by atoms with Crippen molar-refractivity contribution in [3.63, 3.8) is 0 Å². The molecule has 0 aliphatic carbocycles. The van der Waals surface area contributed by atoms with Crippen LogP contribution in [0.1, 0.15) is 24.8 Å². The van der Waals surface area contributed by atoms with Gasteiger partial charge in [-0.3, -0.25) is 24.0 Å². The van der Waals surface area contributed by atoms with Crippen LogP contribution in [-0.2, 0) is 35.2 Å². The molecule has 0 aromatic heterocycles. The molecule has 1 fully saturated rings. The Morgan fingerprint density at radius 2 is 1.56 bits per heavy atom. The molecule has 4 amide bonds. The van der Waals surface area contributed by atoms with Crippen molar-refractivity contribution in [2.45, 2.75) is 37.8 Å². The Morgan fingerprint density at radius 3 is 2.17 bits per heavy atom. The number of carbonyl (C=O) groups excluding carboxylic acids is 4. The maximum absolute atomic E-state index is 12.6. The number of benzene rings is 1. The number of rotatable bonds is 13. The molecule has 1 aliphatic heterocycles. The summed E-state index contributed by atoms with van der Waals surface area (Å²) in [7, 11) is 0. The van der Waals surface area contributed by atoms with E-state index in [4.69, 9.17) is 5.11 Å². The van der Waals surface area contributed by atoms with Gasteiger partial charge in [0.25, 0.3) is 0 Å². The highest BCUT2D eigenvalue weighted by Crippen LogP contribution is 2.05. The minimum absolute atomic E-state index is 0.0184. The third-order valence-corrected chi connectivity index (χ3v) is 5.41. The molecule has 36 heavy (non-hydrogen) atoms. The van der Waals surface area contributed by atoms with Gasteiger partial charge in [0.05, 0.1) is 13.0 Å². The first-order valence-corrected chi connectivity index (χ1v) is 11.5. The number of aliphatic carboxylic acids is 2. The summed E-state index contributed by atoms with van der Waals surface area (Å²) in [6.07, 6.45) is -0.981. The van der Waals surface area contributed by atoms with Crippen LogP contribution in [0.4, 0.5) is 0 Å². The van der Waals surface area contributed by atoms with Crippen molar-refractivity contribution < 1.29 is 39.0 Å². The Balaban J connectivity index is 1.84. The van der Waals surface area contributed by atoms with Crippen molar-refractivity contribution in [2.75, 3.05) is 32.7 Å². The van der Waals surface area contributed by atoms with Crippen LogP contribution < -0.4 is 21.3 Å². The molecule has 0 saturated carbocycles. The average molecular weight is 506 g/mol. The number of hydrogen-bond acceptors (Lipinski definition) is 7. The zero-order valence-corrected chi connectivity index (χ0v) is 19.7. The summed E-state index contributed by atoms with van der Waals surface area (Å²) in [5.41, 5.74) is 0.641. The fourth-order valence-corrected chi connectivity index (χ4v) is 3.51. The van der Waals surface area contributed by atoms with E-state index in [9.17, 15) is 33.9 Å². The summed E-state index contributed by atoms with van der Waals surface area (Å²) in [6, 6.07) is 5.62. The number of amides is 4. The molecule has 0 radical (unpaired) electrons. The minimum Gasteiger partial charge on any atom is -0.481 e. The smallest absolute Gasteiger partial charge is 0.326 e. The normalized spacial score (nSPS) is 14.7. The molecule has 1 aromatic rings. The first-order valence-electron chi connectivity index (χ1n) is 11.5. The Kier molecular flexibility index (Phi) is 11.3. The molecule has 0 unspecified atom stereocenters. The number of nitrogens with zero attached hydrogens (tertiary/aromatic N) is 1. The van der Waals surface area contributed by atoms with E-state index >= 15 is 0 Å². The van der Waals surface area contributed by atoms with Crippen molar-refractivity contribution in [2.24, 2.45) is 0 Å². The van der Waals surface area contributed by atoms with Crippen molar-refractivity contribution in [3.8, 4) is 0 Å². The van der Waals surface area contributed by atoms with Gasteiger partial charge < -0.3 is 36.4 Å². The molecule has 2 atom stereocenters. The summed E-state index contributed by atoms with van der Waals surface area (Å²) in [5.74, 6) is -5.26. The molecule has 6 N–H and O–H groups in total. The molecular weight excluding hydrogens is 474 g/mol. The highest BCUT2D eigenvalue weighted by atomic mass is 16.4. The topological polar surface area (TPSA) is 194 Å².